The molecule has 1 aliphatic rings. The number of rotatable bonds is 5. The number of imidazole rings is 1. The molecule has 144 valence electrons. The van der Waals surface area contributed by atoms with Crippen LogP contribution in [-0.2, 0) is 11.3 Å². The van der Waals surface area contributed by atoms with E-state index in [0.717, 1.165) is 55.6 Å². The quantitative estimate of drug-likeness (QED) is 0.742. The number of benzene rings is 2. The summed E-state index contributed by atoms with van der Waals surface area (Å²) in [4.78, 5) is 19.1. The van der Waals surface area contributed by atoms with Crippen LogP contribution in [0.15, 0.2) is 60.9 Å². The minimum Gasteiger partial charge on any atom is -0.378 e. The van der Waals surface area contributed by atoms with Crippen LogP contribution in [-0.4, -0.2) is 41.8 Å². The third-order valence-corrected chi connectivity index (χ3v) is 4.97. The van der Waals surface area contributed by atoms with E-state index in [4.69, 9.17) is 4.74 Å². The molecule has 6 nitrogen and oxygen atoms in total. The monoisotopic (exact) mass is 376 g/mol. The van der Waals surface area contributed by atoms with E-state index in [1.165, 1.54) is 0 Å². The third kappa shape index (κ3) is 4.23. The van der Waals surface area contributed by atoms with Gasteiger partial charge in [-0.1, -0.05) is 12.1 Å². The molecule has 1 aliphatic heterocycles. The van der Waals surface area contributed by atoms with Crippen molar-refractivity contribution in [3.8, 4) is 0 Å². The van der Waals surface area contributed by atoms with Gasteiger partial charge in [-0.15, -0.1) is 0 Å². The van der Waals surface area contributed by atoms with Gasteiger partial charge < -0.3 is 19.5 Å². The molecule has 0 unspecified atom stereocenters. The number of amides is 1. The molecule has 3 aromatic rings. The van der Waals surface area contributed by atoms with Gasteiger partial charge in [-0.05, 0) is 48.9 Å². The van der Waals surface area contributed by atoms with E-state index < -0.39 is 0 Å². The molecular formula is C22H24N4O2. The molecule has 4 rings (SSSR count). The van der Waals surface area contributed by atoms with Crippen molar-refractivity contribution in [2.24, 2.45) is 0 Å². The average molecular weight is 376 g/mol. The molecule has 6 heteroatoms. The van der Waals surface area contributed by atoms with Gasteiger partial charge >= 0.3 is 0 Å². The predicted molar refractivity (Wildman–Crippen MR) is 110 cm³/mol. The maximum atomic E-state index is 12.6. The molecular weight excluding hydrogens is 352 g/mol. The number of ether oxygens (including phenoxy) is 1. The molecule has 1 N–H and O–H groups in total. The average Bonchev–Trinajstić information content (AvgIpc) is 3.13. The summed E-state index contributed by atoms with van der Waals surface area (Å²) in [6, 6.07) is 15.7. The first-order chi connectivity index (χ1) is 13.7. The second kappa shape index (κ2) is 8.27. The van der Waals surface area contributed by atoms with Crippen molar-refractivity contribution in [2.75, 3.05) is 36.5 Å². The van der Waals surface area contributed by atoms with Gasteiger partial charge in [0.15, 0.2) is 0 Å². The molecule has 1 saturated heterocycles. The van der Waals surface area contributed by atoms with Crippen LogP contribution in [0.1, 0.15) is 21.7 Å². The highest BCUT2D eigenvalue weighted by Gasteiger charge is 2.12. The lowest BCUT2D eigenvalue weighted by molar-refractivity contribution is 0.102. The normalized spacial score (nSPS) is 14.1. The SMILES string of the molecule is Cc1nccn1Cc1cccc(NC(=O)c2ccc(N3CCOCC3)cc2)c1. The van der Waals surface area contributed by atoms with E-state index >= 15 is 0 Å². The van der Waals surface area contributed by atoms with Crippen LogP contribution in [0.25, 0.3) is 0 Å². The zero-order chi connectivity index (χ0) is 19.3. The maximum absolute atomic E-state index is 12.6. The van der Waals surface area contributed by atoms with Gasteiger partial charge in [-0.3, -0.25) is 4.79 Å². The first-order valence-corrected chi connectivity index (χ1v) is 9.50. The Hall–Kier alpha value is -3.12. The fraction of sp³-hybridized carbons (Fsp3) is 0.273. The van der Waals surface area contributed by atoms with Gasteiger partial charge in [-0.2, -0.15) is 0 Å². The number of nitrogens with one attached hydrogen (secondary N) is 1. The molecule has 0 spiro atoms. The third-order valence-electron chi connectivity index (χ3n) is 4.97. The summed E-state index contributed by atoms with van der Waals surface area (Å²) in [7, 11) is 0. The van der Waals surface area contributed by atoms with E-state index in [0.29, 0.717) is 5.56 Å². The van der Waals surface area contributed by atoms with Gasteiger partial charge in [0.25, 0.3) is 5.91 Å². The molecule has 2 aromatic carbocycles. The standard InChI is InChI=1S/C22H24N4O2/c1-17-23-9-10-26(17)16-18-3-2-4-20(15-18)24-22(27)19-5-7-21(8-6-19)25-11-13-28-14-12-25/h2-10,15H,11-14,16H2,1H3,(H,24,27). The Bertz CT molecular complexity index is 943. The van der Waals surface area contributed by atoms with Crippen molar-refractivity contribution >= 4 is 17.3 Å². The molecule has 0 atom stereocenters. The minimum absolute atomic E-state index is 0.107. The van der Waals surface area contributed by atoms with Crippen molar-refractivity contribution in [2.45, 2.75) is 13.5 Å². The van der Waals surface area contributed by atoms with Crippen molar-refractivity contribution in [3.63, 3.8) is 0 Å². The Morgan fingerprint density at radius 1 is 1.14 bits per heavy atom. The van der Waals surface area contributed by atoms with Crippen LogP contribution in [0.4, 0.5) is 11.4 Å². The van der Waals surface area contributed by atoms with E-state index in [1.54, 1.807) is 6.20 Å². The van der Waals surface area contributed by atoms with Crippen molar-refractivity contribution in [1.82, 2.24) is 9.55 Å². The van der Waals surface area contributed by atoms with E-state index in [-0.39, 0.29) is 5.91 Å². The molecule has 1 aromatic heterocycles. The first-order valence-electron chi connectivity index (χ1n) is 9.50. The van der Waals surface area contributed by atoms with Gasteiger partial charge in [0.2, 0.25) is 0 Å². The van der Waals surface area contributed by atoms with E-state index in [9.17, 15) is 4.79 Å². The maximum Gasteiger partial charge on any atom is 0.255 e. The molecule has 0 aliphatic carbocycles. The lowest BCUT2D eigenvalue weighted by atomic mass is 10.1. The number of anilines is 2. The lowest BCUT2D eigenvalue weighted by Crippen LogP contribution is -2.36. The van der Waals surface area contributed by atoms with Gasteiger partial charge in [0.1, 0.15) is 5.82 Å². The fourth-order valence-electron chi connectivity index (χ4n) is 3.36. The second-order valence-electron chi connectivity index (χ2n) is 6.90. The number of carbonyl (C=O) groups excluding carboxylic acids is 1. The highest BCUT2D eigenvalue weighted by Crippen LogP contribution is 2.18. The Kier molecular flexibility index (Phi) is 5.39. The number of morpholine rings is 1. The molecule has 0 bridgehead atoms. The van der Waals surface area contributed by atoms with Gasteiger partial charge in [0.05, 0.1) is 13.2 Å². The van der Waals surface area contributed by atoms with Crippen LogP contribution in [0, 0.1) is 6.92 Å². The highest BCUT2D eigenvalue weighted by atomic mass is 16.5. The van der Waals surface area contributed by atoms with Gasteiger partial charge in [-0.25, -0.2) is 4.98 Å². The highest BCUT2D eigenvalue weighted by molar-refractivity contribution is 6.04. The largest absolute Gasteiger partial charge is 0.378 e. The van der Waals surface area contributed by atoms with Crippen LogP contribution < -0.4 is 10.2 Å². The Labute approximate surface area is 164 Å². The molecule has 2 heterocycles. The fourth-order valence-corrected chi connectivity index (χ4v) is 3.36. The van der Waals surface area contributed by atoms with Crippen LogP contribution >= 0.6 is 0 Å². The predicted octanol–water partition coefficient (Wildman–Crippen LogP) is 3.33. The molecule has 1 amide bonds. The minimum atomic E-state index is -0.107. The Balaban J connectivity index is 1.42. The topological polar surface area (TPSA) is 59.4 Å². The van der Waals surface area contributed by atoms with Crippen molar-refractivity contribution in [1.29, 1.82) is 0 Å². The first kappa shape index (κ1) is 18.3. The molecule has 0 radical (unpaired) electrons. The Morgan fingerprint density at radius 3 is 2.64 bits per heavy atom. The van der Waals surface area contributed by atoms with Crippen LogP contribution in [0.5, 0.6) is 0 Å². The number of carbonyl (C=O) groups is 1. The zero-order valence-corrected chi connectivity index (χ0v) is 16.0. The molecule has 0 saturated carbocycles. The molecule has 1 fully saturated rings. The van der Waals surface area contributed by atoms with Crippen LogP contribution in [0.2, 0.25) is 0 Å². The van der Waals surface area contributed by atoms with Gasteiger partial charge in [0, 0.05) is 49.0 Å². The van der Waals surface area contributed by atoms with Crippen molar-refractivity contribution < 1.29 is 9.53 Å². The van der Waals surface area contributed by atoms with E-state index in [2.05, 4.69) is 19.8 Å². The summed E-state index contributed by atoms with van der Waals surface area (Å²) in [5.74, 6) is 0.860. The van der Waals surface area contributed by atoms with Crippen LogP contribution in [0.3, 0.4) is 0 Å². The smallest absolute Gasteiger partial charge is 0.255 e. The van der Waals surface area contributed by atoms with E-state index in [1.807, 2.05) is 61.7 Å². The lowest BCUT2D eigenvalue weighted by Gasteiger charge is -2.28. The zero-order valence-electron chi connectivity index (χ0n) is 16.0. The number of hydrogen-bond acceptors (Lipinski definition) is 4. The summed E-state index contributed by atoms with van der Waals surface area (Å²) in [5.41, 5.74) is 3.67. The number of hydrogen-bond donors (Lipinski definition) is 1. The Morgan fingerprint density at radius 2 is 1.93 bits per heavy atom. The number of nitrogens with zero attached hydrogens (tertiary/aromatic N) is 3. The van der Waals surface area contributed by atoms with Crippen molar-refractivity contribution in [3.05, 3.63) is 77.9 Å². The summed E-state index contributed by atoms with van der Waals surface area (Å²) < 4.78 is 7.46. The summed E-state index contributed by atoms with van der Waals surface area (Å²) in [5, 5.41) is 2.99. The summed E-state index contributed by atoms with van der Waals surface area (Å²) in [6.07, 6.45) is 3.75. The second-order valence-corrected chi connectivity index (χ2v) is 6.90. The summed E-state index contributed by atoms with van der Waals surface area (Å²) >= 11 is 0. The number of aryl methyl sites for hydroxylation is 1. The summed E-state index contributed by atoms with van der Waals surface area (Å²) in [6.45, 7) is 5.97. The number of aromatic nitrogens is 2. The molecule has 28 heavy (non-hydrogen) atoms.